The lowest BCUT2D eigenvalue weighted by atomic mass is 9.42. The molecule has 0 unspecified atom stereocenters. The molecule has 0 aromatic heterocycles. The van der Waals surface area contributed by atoms with Crippen LogP contribution < -0.4 is 0 Å². The van der Waals surface area contributed by atoms with Crippen LogP contribution in [-0.4, -0.2) is 46.5 Å². The van der Waals surface area contributed by atoms with Crippen LogP contribution in [0.5, 0.6) is 0 Å². The van der Waals surface area contributed by atoms with E-state index in [-0.39, 0.29) is 30.6 Å². The van der Waals surface area contributed by atoms with E-state index in [4.69, 9.17) is 4.84 Å². The van der Waals surface area contributed by atoms with Gasteiger partial charge in [-0.25, -0.2) is 5.06 Å². The van der Waals surface area contributed by atoms with Crippen LogP contribution in [0.2, 0.25) is 0 Å². The number of hydrogen-bond donors (Lipinski definition) is 2. The molecule has 5 heteroatoms. The quantitative estimate of drug-likeness (QED) is 0.867. The Bertz CT molecular complexity index is 661. The lowest BCUT2D eigenvalue weighted by Gasteiger charge is -2.63. The molecule has 6 rings (SSSR count). The number of hydroxylamine groups is 2. The fraction of sp³-hybridized carbons (Fsp3) is 0.667. The van der Waals surface area contributed by atoms with Gasteiger partial charge in [0.2, 0.25) is 5.91 Å². The Morgan fingerprint density at radius 2 is 1.69 bits per heavy atom. The van der Waals surface area contributed by atoms with Gasteiger partial charge in [-0.15, -0.1) is 0 Å². The first-order valence-corrected chi connectivity index (χ1v) is 9.93. The van der Waals surface area contributed by atoms with Crippen LogP contribution in [0.25, 0.3) is 0 Å². The van der Waals surface area contributed by atoms with Gasteiger partial charge in [0.1, 0.15) is 6.61 Å². The number of aliphatic hydroxyl groups is 2. The van der Waals surface area contributed by atoms with Gasteiger partial charge in [-0.1, -0.05) is 30.3 Å². The summed E-state index contributed by atoms with van der Waals surface area (Å²) in [6, 6.07) is 10.5. The molecule has 140 valence electrons. The van der Waals surface area contributed by atoms with Crippen LogP contribution in [0.15, 0.2) is 30.3 Å². The van der Waals surface area contributed by atoms with Gasteiger partial charge >= 0.3 is 0 Å². The molecule has 1 atom stereocenters. The normalized spacial score (nSPS) is 43.8. The van der Waals surface area contributed by atoms with Crippen molar-refractivity contribution in [2.24, 2.45) is 23.7 Å². The summed E-state index contributed by atoms with van der Waals surface area (Å²) in [4.78, 5) is 18.5. The predicted octanol–water partition coefficient (Wildman–Crippen LogP) is 1.88. The van der Waals surface area contributed by atoms with Crippen LogP contribution in [0, 0.1) is 23.7 Å². The molecule has 5 nitrogen and oxygen atoms in total. The Kier molecular flexibility index (Phi) is 3.89. The lowest BCUT2D eigenvalue weighted by Crippen LogP contribution is -2.61. The molecular formula is C21H27NO4. The smallest absolute Gasteiger partial charge is 0.247 e. The molecule has 5 aliphatic rings. The molecule has 5 fully saturated rings. The zero-order chi connectivity index (χ0) is 17.9. The minimum absolute atomic E-state index is 0.0153. The number of amides is 1. The molecular weight excluding hydrogens is 330 g/mol. The molecule has 4 aliphatic carbocycles. The maximum absolute atomic E-state index is 13.1. The van der Waals surface area contributed by atoms with Crippen molar-refractivity contribution in [2.45, 2.75) is 49.7 Å². The average molecular weight is 357 g/mol. The van der Waals surface area contributed by atoms with Crippen LogP contribution in [0.3, 0.4) is 0 Å². The zero-order valence-corrected chi connectivity index (χ0v) is 15.0. The van der Waals surface area contributed by atoms with Gasteiger partial charge in [0, 0.05) is 11.8 Å². The summed E-state index contributed by atoms with van der Waals surface area (Å²) in [5, 5.41) is 21.6. The standard InChI is InChI=1S/C21H27NO4/c23-18-11-22(26-12-18)19(24)10-21(15-4-2-1-3-5-15)16-6-13-7-17(21)9-14(8-16)20(13)25/h1-5,13-14,16-18,20,23,25H,6-12H2/t13?,14?,16?,17?,18-,20?,21?/m1/s1. The third kappa shape index (κ3) is 2.37. The van der Waals surface area contributed by atoms with E-state index in [0.717, 1.165) is 25.7 Å². The predicted molar refractivity (Wildman–Crippen MR) is 94.8 cm³/mol. The summed E-state index contributed by atoms with van der Waals surface area (Å²) in [5.74, 6) is 1.65. The highest BCUT2D eigenvalue weighted by Crippen LogP contribution is 2.64. The maximum atomic E-state index is 13.1. The SMILES string of the molecule is O=C(CC1(c2ccccc2)C2CC3CC1CC(C2)C3O)N1C[C@@H](O)CO1. The second-order valence-corrected chi connectivity index (χ2v) is 8.83. The molecule has 2 N–H and O–H groups in total. The molecule has 0 spiro atoms. The summed E-state index contributed by atoms with van der Waals surface area (Å²) in [5.41, 5.74) is 1.10. The molecule has 1 saturated heterocycles. The highest BCUT2D eigenvalue weighted by atomic mass is 16.7. The number of benzene rings is 1. The Labute approximate surface area is 153 Å². The molecule has 26 heavy (non-hydrogen) atoms. The van der Waals surface area contributed by atoms with E-state index in [1.807, 2.05) is 6.07 Å². The summed E-state index contributed by atoms with van der Waals surface area (Å²) < 4.78 is 0. The third-order valence-corrected chi connectivity index (χ3v) is 7.60. The lowest BCUT2D eigenvalue weighted by molar-refractivity contribution is -0.179. The van der Waals surface area contributed by atoms with Gasteiger partial charge in [0.05, 0.1) is 18.8 Å². The highest BCUT2D eigenvalue weighted by molar-refractivity contribution is 5.77. The van der Waals surface area contributed by atoms with E-state index >= 15 is 0 Å². The molecule has 4 bridgehead atoms. The van der Waals surface area contributed by atoms with Crippen LogP contribution in [0.1, 0.15) is 37.7 Å². The fourth-order valence-electron chi connectivity index (χ4n) is 6.56. The number of nitrogens with zero attached hydrogens (tertiary/aromatic N) is 1. The van der Waals surface area contributed by atoms with Crippen LogP contribution >= 0.6 is 0 Å². The Morgan fingerprint density at radius 1 is 1.08 bits per heavy atom. The van der Waals surface area contributed by atoms with Crippen molar-refractivity contribution in [1.82, 2.24) is 5.06 Å². The van der Waals surface area contributed by atoms with Crippen molar-refractivity contribution in [3.8, 4) is 0 Å². The topological polar surface area (TPSA) is 70.0 Å². The van der Waals surface area contributed by atoms with Crippen molar-refractivity contribution in [3.05, 3.63) is 35.9 Å². The summed E-state index contributed by atoms with van der Waals surface area (Å²) >= 11 is 0. The first-order chi connectivity index (χ1) is 12.6. The Hall–Kier alpha value is -1.43. The highest BCUT2D eigenvalue weighted by Gasteiger charge is 2.61. The Balaban J connectivity index is 1.50. The first kappa shape index (κ1) is 16.7. The van der Waals surface area contributed by atoms with Gasteiger partial charge in [-0.2, -0.15) is 0 Å². The van der Waals surface area contributed by atoms with Crippen molar-refractivity contribution in [3.63, 3.8) is 0 Å². The number of carbonyl (C=O) groups is 1. The molecule has 1 aromatic carbocycles. The monoisotopic (exact) mass is 357 g/mol. The third-order valence-electron chi connectivity index (χ3n) is 7.60. The molecule has 1 heterocycles. The van der Waals surface area contributed by atoms with Crippen molar-refractivity contribution < 1.29 is 19.8 Å². The summed E-state index contributed by atoms with van der Waals surface area (Å²) in [6.07, 6.45) is 3.76. The van der Waals surface area contributed by atoms with Gasteiger partial charge < -0.3 is 10.2 Å². The van der Waals surface area contributed by atoms with E-state index in [0.29, 0.717) is 30.1 Å². The summed E-state index contributed by atoms with van der Waals surface area (Å²) in [7, 11) is 0. The largest absolute Gasteiger partial charge is 0.393 e. The molecule has 4 saturated carbocycles. The molecule has 0 radical (unpaired) electrons. The van der Waals surface area contributed by atoms with E-state index in [1.165, 1.54) is 10.6 Å². The van der Waals surface area contributed by atoms with Crippen molar-refractivity contribution >= 4 is 5.91 Å². The van der Waals surface area contributed by atoms with E-state index in [9.17, 15) is 15.0 Å². The molecule has 1 aromatic rings. The summed E-state index contributed by atoms with van der Waals surface area (Å²) in [6.45, 7) is 0.469. The Morgan fingerprint density at radius 3 is 2.23 bits per heavy atom. The van der Waals surface area contributed by atoms with Gasteiger partial charge in [-0.05, 0) is 54.9 Å². The minimum atomic E-state index is -0.583. The zero-order valence-electron chi connectivity index (χ0n) is 15.0. The second-order valence-electron chi connectivity index (χ2n) is 8.83. The van der Waals surface area contributed by atoms with Crippen molar-refractivity contribution in [1.29, 1.82) is 0 Å². The first-order valence-electron chi connectivity index (χ1n) is 9.93. The molecule has 1 amide bonds. The second kappa shape index (κ2) is 6.04. The number of rotatable bonds is 3. The van der Waals surface area contributed by atoms with Gasteiger partial charge in [-0.3, -0.25) is 9.63 Å². The number of aliphatic hydroxyl groups excluding tert-OH is 2. The number of carbonyl (C=O) groups excluding carboxylic acids is 1. The van der Waals surface area contributed by atoms with E-state index in [2.05, 4.69) is 24.3 Å². The maximum Gasteiger partial charge on any atom is 0.247 e. The van der Waals surface area contributed by atoms with E-state index < -0.39 is 6.10 Å². The van der Waals surface area contributed by atoms with Gasteiger partial charge in [0.25, 0.3) is 0 Å². The molecule has 1 aliphatic heterocycles. The van der Waals surface area contributed by atoms with Crippen LogP contribution in [-0.2, 0) is 15.0 Å². The van der Waals surface area contributed by atoms with Gasteiger partial charge in [0.15, 0.2) is 0 Å². The minimum Gasteiger partial charge on any atom is -0.393 e. The van der Waals surface area contributed by atoms with Crippen LogP contribution in [0.4, 0.5) is 0 Å². The van der Waals surface area contributed by atoms with Crippen molar-refractivity contribution in [2.75, 3.05) is 13.2 Å². The van der Waals surface area contributed by atoms with E-state index in [1.54, 1.807) is 0 Å². The average Bonchev–Trinajstić information content (AvgIpc) is 3.07. The fourth-order valence-corrected chi connectivity index (χ4v) is 6.56. The number of β-amino-alcohol motifs (C(OH)–C–C–N with tert-alkyl or cyclic N) is 1. The number of hydrogen-bond acceptors (Lipinski definition) is 4.